The lowest BCUT2D eigenvalue weighted by molar-refractivity contribution is -0.136. The first kappa shape index (κ1) is 14.2. The van der Waals surface area contributed by atoms with E-state index in [0.717, 1.165) is 18.4 Å². The molecule has 0 aliphatic heterocycles. The molecule has 0 amide bonds. The Hall–Kier alpha value is -0.830. The van der Waals surface area contributed by atoms with E-state index in [-0.39, 0.29) is 18.4 Å². The molecule has 0 aliphatic rings. The van der Waals surface area contributed by atoms with Gasteiger partial charge in [0.2, 0.25) is 0 Å². The van der Waals surface area contributed by atoms with Crippen LogP contribution >= 0.6 is 0 Å². The topological polar surface area (TPSA) is 57.5 Å². The van der Waals surface area contributed by atoms with Gasteiger partial charge in [-0.25, -0.2) is 0 Å². The Morgan fingerprint density at radius 3 is 2.40 bits per heavy atom. The van der Waals surface area contributed by atoms with Crippen molar-refractivity contribution in [2.75, 3.05) is 0 Å². The number of hydrogen-bond donors (Lipinski definition) is 2. The van der Waals surface area contributed by atoms with Crippen molar-refractivity contribution in [3.05, 3.63) is 11.6 Å². The first-order valence-electron chi connectivity index (χ1n) is 5.49. The fourth-order valence-corrected chi connectivity index (χ4v) is 1.24. The zero-order valence-corrected chi connectivity index (χ0v) is 9.86. The Kier molecular flexibility index (Phi) is 7.05. The van der Waals surface area contributed by atoms with Gasteiger partial charge in [-0.1, -0.05) is 25.5 Å². The van der Waals surface area contributed by atoms with E-state index in [1.807, 2.05) is 26.8 Å². The van der Waals surface area contributed by atoms with Gasteiger partial charge in [-0.2, -0.15) is 0 Å². The molecule has 3 nitrogen and oxygen atoms in total. The number of aliphatic hydroxyl groups is 1. The average molecular weight is 214 g/mol. The Morgan fingerprint density at radius 2 is 1.93 bits per heavy atom. The first-order chi connectivity index (χ1) is 6.93. The maximum absolute atomic E-state index is 10.3. The third-order valence-corrected chi connectivity index (χ3v) is 2.46. The van der Waals surface area contributed by atoms with E-state index < -0.39 is 5.97 Å². The van der Waals surface area contributed by atoms with E-state index in [9.17, 15) is 9.90 Å². The molecule has 0 aromatic carbocycles. The molecule has 2 N–H and O–H groups in total. The predicted octanol–water partition coefficient (Wildman–Crippen LogP) is 2.59. The molecular weight excluding hydrogens is 192 g/mol. The van der Waals surface area contributed by atoms with Gasteiger partial charge >= 0.3 is 5.97 Å². The zero-order chi connectivity index (χ0) is 11.8. The molecule has 0 saturated heterocycles. The van der Waals surface area contributed by atoms with Crippen LogP contribution in [0.4, 0.5) is 0 Å². The quantitative estimate of drug-likeness (QED) is 0.640. The minimum Gasteiger partial charge on any atom is -0.481 e. The van der Waals surface area contributed by atoms with Crippen LogP contribution in [-0.2, 0) is 4.79 Å². The third kappa shape index (κ3) is 8.18. The number of carbonyl (C=O) groups is 1. The summed E-state index contributed by atoms with van der Waals surface area (Å²) in [7, 11) is 0. The summed E-state index contributed by atoms with van der Waals surface area (Å²) >= 11 is 0. The van der Waals surface area contributed by atoms with Gasteiger partial charge in [0.15, 0.2) is 0 Å². The van der Waals surface area contributed by atoms with Gasteiger partial charge in [0.1, 0.15) is 0 Å². The van der Waals surface area contributed by atoms with E-state index in [1.54, 1.807) is 0 Å². The number of aliphatic carboxylic acids is 1. The molecule has 0 heterocycles. The minimum absolute atomic E-state index is 0.190. The van der Waals surface area contributed by atoms with Crippen molar-refractivity contribution >= 4 is 5.97 Å². The van der Waals surface area contributed by atoms with E-state index in [0.29, 0.717) is 6.42 Å². The maximum Gasteiger partial charge on any atom is 0.303 e. The number of carboxylic acid groups (broad SMARTS) is 1. The van der Waals surface area contributed by atoms with Crippen molar-refractivity contribution in [3.8, 4) is 0 Å². The molecule has 0 radical (unpaired) electrons. The van der Waals surface area contributed by atoms with Gasteiger partial charge in [-0.3, -0.25) is 4.79 Å². The number of carboxylic acids is 1. The van der Waals surface area contributed by atoms with Crippen LogP contribution in [0.15, 0.2) is 11.6 Å². The summed E-state index contributed by atoms with van der Waals surface area (Å²) in [5, 5.41) is 18.0. The van der Waals surface area contributed by atoms with Gasteiger partial charge < -0.3 is 10.2 Å². The van der Waals surface area contributed by atoms with Crippen LogP contribution in [0.1, 0.15) is 46.5 Å². The molecule has 1 atom stereocenters. The number of hydrogen-bond acceptors (Lipinski definition) is 2. The van der Waals surface area contributed by atoms with Gasteiger partial charge in [0, 0.05) is 6.42 Å². The smallest absolute Gasteiger partial charge is 0.303 e. The Bertz CT molecular complexity index is 219. The molecule has 0 rings (SSSR count). The normalized spacial score (nSPS) is 14.3. The van der Waals surface area contributed by atoms with Crippen molar-refractivity contribution in [2.24, 2.45) is 5.92 Å². The molecule has 88 valence electrons. The van der Waals surface area contributed by atoms with E-state index in [1.165, 1.54) is 0 Å². The Morgan fingerprint density at radius 1 is 1.33 bits per heavy atom. The first-order valence-corrected chi connectivity index (χ1v) is 5.49. The van der Waals surface area contributed by atoms with Crippen LogP contribution in [0, 0.1) is 5.92 Å². The van der Waals surface area contributed by atoms with Crippen molar-refractivity contribution in [1.82, 2.24) is 0 Å². The summed E-state index contributed by atoms with van der Waals surface area (Å²) in [6, 6.07) is 0. The summed E-state index contributed by atoms with van der Waals surface area (Å²) in [6.45, 7) is 5.92. The molecule has 1 unspecified atom stereocenters. The highest BCUT2D eigenvalue weighted by molar-refractivity contribution is 5.66. The zero-order valence-electron chi connectivity index (χ0n) is 9.86. The van der Waals surface area contributed by atoms with Gasteiger partial charge in [-0.15, -0.1) is 0 Å². The average Bonchev–Trinajstić information content (AvgIpc) is 2.14. The summed E-state index contributed by atoms with van der Waals surface area (Å²) < 4.78 is 0. The number of rotatable bonds is 7. The molecule has 15 heavy (non-hydrogen) atoms. The van der Waals surface area contributed by atoms with Crippen molar-refractivity contribution in [1.29, 1.82) is 0 Å². The lowest BCUT2D eigenvalue weighted by Crippen LogP contribution is -2.13. The summed E-state index contributed by atoms with van der Waals surface area (Å²) in [6.07, 6.45) is 4.14. The van der Waals surface area contributed by atoms with E-state index >= 15 is 0 Å². The Balaban J connectivity index is 3.71. The monoisotopic (exact) mass is 214 g/mol. The second-order valence-electron chi connectivity index (χ2n) is 4.33. The molecule has 0 aliphatic carbocycles. The molecule has 3 heteroatoms. The SMILES string of the molecule is CC(=CCCC(O)C(C)C)CCC(=O)O. The molecule has 0 aromatic rings. The maximum atomic E-state index is 10.3. The molecule has 0 saturated carbocycles. The minimum atomic E-state index is -0.759. The number of aliphatic hydroxyl groups excluding tert-OH is 1. The Labute approximate surface area is 91.8 Å². The highest BCUT2D eigenvalue weighted by Gasteiger charge is 2.07. The van der Waals surface area contributed by atoms with Crippen molar-refractivity contribution in [3.63, 3.8) is 0 Å². The summed E-state index contributed by atoms with van der Waals surface area (Å²) in [5.74, 6) is -0.470. The molecule has 0 aromatic heterocycles. The largest absolute Gasteiger partial charge is 0.481 e. The van der Waals surface area contributed by atoms with E-state index in [2.05, 4.69) is 0 Å². The molecule has 0 spiro atoms. The summed E-state index contributed by atoms with van der Waals surface area (Å²) in [4.78, 5) is 10.3. The fraction of sp³-hybridized carbons (Fsp3) is 0.750. The second-order valence-corrected chi connectivity index (χ2v) is 4.33. The predicted molar refractivity (Wildman–Crippen MR) is 60.7 cm³/mol. The van der Waals surface area contributed by atoms with Crippen LogP contribution in [0.3, 0.4) is 0 Å². The van der Waals surface area contributed by atoms with E-state index in [4.69, 9.17) is 5.11 Å². The van der Waals surface area contributed by atoms with Crippen LogP contribution in [-0.4, -0.2) is 22.3 Å². The highest BCUT2D eigenvalue weighted by atomic mass is 16.4. The second kappa shape index (κ2) is 7.46. The van der Waals surface area contributed by atoms with Gasteiger partial charge in [0.25, 0.3) is 0 Å². The number of allylic oxidation sites excluding steroid dienone is 2. The molecular formula is C12H22O3. The molecule has 0 bridgehead atoms. The van der Waals surface area contributed by atoms with Crippen LogP contribution in [0.25, 0.3) is 0 Å². The van der Waals surface area contributed by atoms with Gasteiger partial charge in [0.05, 0.1) is 6.10 Å². The fourth-order valence-electron chi connectivity index (χ4n) is 1.24. The lowest BCUT2D eigenvalue weighted by Gasteiger charge is -2.12. The van der Waals surface area contributed by atoms with Crippen molar-refractivity contribution in [2.45, 2.75) is 52.6 Å². The van der Waals surface area contributed by atoms with Crippen LogP contribution in [0.2, 0.25) is 0 Å². The standard InChI is InChI=1S/C12H22O3/c1-9(2)11(13)6-4-5-10(3)7-8-12(14)15/h5,9,11,13H,4,6-8H2,1-3H3,(H,14,15). The third-order valence-electron chi connectivity index (χ3n) is 2.46. The van der Waals surface area contributed by atoms with Gasteiger partial charge in [-0.05, 0) is 32.1 Å². The van der Waals surface area contributed by atoms with Crippen molar-refractivity contribution < 1.29 is 15.0 Å². The lowest BCUT2D eigenvalue weighted by atomic mass is 10.0. The van der Waals surface area contributed by atoms with Crippen LogP contribution in [0.5, 0.6) is 0 Å². The van der Waals surface area contributed by atoms with Crippen LogP contribution < -0.4 is 0 Å². The summed E-state index contributed by atoms with van der Waals surface area (Å²) in [5.41, 5.74) is 1.09. The highest BCUT2D eigenvalue weighted by Crippen LogP contribution is 2.11. The molecule has 0 fully saturated rings.